The van der Waals surface area contributed by atoms with Crippen molar-refractivity contribution >= 4 is 39.3 Å². The standard InChI is InChI=1S/C11H13BrClNO3/c1-2-16-10-7-8(3-4-9(10)12)14-11(15)17-6-5-13/h3-4,7H,2,5-6H2,1H3,(H,14,15). The van der Waals surface area contributed by atoms with Crippen molar-refractivity contribution in [1.82, 2.24) is 0 Å². The van der Waals surface area contributed by atoms with E-state index >= 15 is 0 Å². The molecule has 0 aliphatic rings. The molecule has 0 aliphatic carbocycles. The van der Waals surface area contributed by atoms with Gasteiger partial charge in [-0.3, -0.25) is 5.32 Å². The number of halogens is 2. The second-order valence-corrected chi connectivity index (χ2v) is 4.26. The lowest BCUT2D eigenvalue weighted by molar-refractivity contribution is 0.168. The van der Waals surface area contributed by atoms with Crippen LogP contribution in [0.5, 0.6) is 5.75 Å². The molecule has 0 unspecified atom stereocenters. The Morgan fingerprint density at radius 2 is 2.29 bits per heavy atom. The number of rotatable bonds is 5. The van der Waals surface area contributed by atoms with E-state index < -0.39 is 6.09 Å². The van der Waals surface area contributed by atoms with Crippen LogP contribution < -0.4 is 10.1 Å². The first-order valence-corrected chi connectivity index (χ1v) is 6.42. The number of amides is 1. The maximum atomic E-state index is 11.3. The van der Waals surface area contributed by atoms with E-state index in [-0.39, 0.29) is 12.5 Å². The Balaban J connectivity index is 2.65. The van der Waals surface area contributed by atoms with Crippen molar-refractivity contribution in [2.45, 2.75) is 6.92 Å². The van der Waals surface area contributed by atoms with Gasteiger partial charge in [-0.2, -0.15) is 0 Å². The van der Waals surface area contributed by atoms with Crippen LogP contribution in [-0.2, 0) is 4.74 Å². The largest absolute Gasteiger partial charge is 0.493 e. The van der Waals surface area contributed by atoms with E-state index in [1.807, 2.05) is 6.92 Å². The zero-order chi connectivity index (χ0) is 12.7. The summed E-state index contributed by atoms with van der Waals surface area (Å²) in [4.78, 5) is 11.3. The van der Waals surface area contributed by atoms with E-state index in [1.54, 1.807) is 18.2 Å². The van der Waals surface area contributed by atoms with Crippen molar-refractivity contribution in [3.63, 3.8) is 0 Å². The number of hydrogen-bond donors (Lipinski definition) is 1. The molecule has 1 rings (SSSR count). The summed E-state index contributed by atoms with van der Waals surface area (Å²) in [6.07, 6.45) is -0.532. The molecule has 1 amide bonds. The molecule has 1 N–H and O–H groups in total. The van der Waals surface area contributed by atoms with Crippen molar-refractivity contribution in [2.24, 2.45) is 0 Å². The fraction of sp³-hybridized carbons (Fsp3) is 0.364. The molecular formula is C11H13BrClNO3. The van der Waals surface area contributed by atoms with Gasteiger partial charge in [-0.15, -0.1) is 11.6 Å². The Hall–Kier alpha value is -0.940. The monoisotopic (exact) mass is 321 g/mol. The summed E-state index contributed by atoms with van der Waals surface area (Å²) < 4.78 is 11.0. The summed E-state index contributed by atoms with van der Waals surface area (Å²) in [7, 11) is 0. The van der Waals surface area contributed by atoms with Crippen LogP contribution in [-0.4, -0.2) is 25.2 Å². The number of nitrogens with one attached hydrogen (secondary N) is 1. The van der Waals surface area contributed by atoms with E-state index in [9.17, 15) is 4.79 Å². The van der Waals surface area contributed by atoms with E-state index in [0.717, 1.165) is 4.47 Å². The first kappa shape index (κ1) is 14.1. The summed E-state index contributed by atoms with van der Waals surface area (Å²) in [6, 6.07) is 5.26. The minimum absolute atomic E-state index is 0.183. The molecule has 0 aliphatic heterocycles. The highest BCUT2D eigenvalue weighted by Gasteiger charge is 2.06. The highest BCUT2D eigenvalue weighted by molar-refractivity contribution is 9.10. The van der Waals surface area contributed by atoms with Gasteiger partial charge in [0.05, 0.1) is 17.0 Å². The zero-order valence-corrected chi connectivity index (χ0v) is 11.7. The minimum atomic E-state index is -0.532. The summed E-state index contributed by atoms with van der Waals surface area (Å²) in [5, 5.41) is 2.58. The number of carbonyl (C=O) groups excluding carboxylic acids is 1. The molecule has 0 fully saturated rings. The van der Waals surface area contributed by atoms with Crippen LogP contribution in [0.1, 0.15) is 6.92 Å². The van der Waals surface area contributed by atoms with Crippen molar-refractivity contribution in [2.75, 3.05) is 24.4 Å². The molecule has 0 atom stereocenters. The number of benzene rings is 1. The SMILES string of the molecule is CCOc1cc(NC(=O)OCCCl)ccc1Br. The first-order chi connectivity index (χ1) is 8.17. The van der Waals surface area contributed by atoms with E-state index in [4.69, 9.17) is 21.1 Å². The van der Waals surface area contributed by atoms with Gasteiger partial charge in [-0.1, -0.05) is 0 Å². The molecule has 0 heterocycles. The van der Waals surface area contributed by atoms with Gasteiger partial charge >= 0.3 is 6.09 Å². The highest BCUT2D eigenvalue weighted by Crippen LogP contribution is 2.28. The molecule has 0 radical (unpaired) electrons. The summed E-state index contributed by atoms with van der Waals surface area (Å²) in [5.74, 6) is 0.945. The second kappa shape index (κ2) is 7.40. The van der Waals surface area contributed by atoms with Gasteiger partial charge in [-0.25, -0.2) is 4.79 Å². The molecule has 4 nitrogen and oxygen atoms in total. The summed E-state index contributed by atoms with van der Waals surface area (Å²) in [6.45, 7) is 2.63. The van der Waals surface area contributed by atoms with Crippen molar-refractivity contribution < 1.29 is 14.3 Å². The predicted molar refractivity (Wildman–Crippen MR) is 71.0 cm³/mol. The van der Waals surface area contributed by atoms with E-state index in [0.29, 0.717) is 18.0 Å². The van der Waals surface area contributed by atoms with Gasteiger partial charge in [0.25, 0.3) is 0 Å². The van der Waals surface area contributed by atoms with Crippen LogP contribution in [0.4, 0.5) is 10.5 Å². The van der Waals surface area contributed by atoms with Crippen LogP contribution in [0.3, 0.4) is 0 Å². The van der Waals surface area contributed by atoms with Gasteiger partial charge in [0, 0.05) is 11.8 Å². The smallest absolute Gasteiger partial charge is 0.411 e. The van der Waals surface area contributed by atoms with Gasteiger partial charge in [0.2, 0.25) is 0 Å². The Morgan fingerprint density at radius 3 is 2.94 bits per heavy atom. The quantitative estimate of drug-likeness (QED) is 0.842. The van der Waals surface area contributed by atoms with Crippen molar-refractivity contribution in [1.29, 1.82) is 0 Å². The fourth-order valence-electron chi connectivity index (χ4n) is 1.13. The highest BCUT2D eigenvalue weighted by atomic mass is 79.9. The zero-order valence-electron chi connectivity index (χ0n) is 9.33. The lowest BCUT2D eigenvalue weighted by Crippen LogP contribution is -2.14. The second-order valence-electron chi connectivity index (χ2n) is 3.03. The van der Waals surface area contributed by atoms with E-state index in [1.165, 1.54) is 0 Å². The molecule has 94 valence electrons. The lowest BCUT2D eigenvalue weighted by Gasteiger charge is -2.09. The van der Waals surface area contributed by atoms with Crippen molar-refractivity contribution in [3.05, 3.63) is 22.7 Å². The number of ether oxygens (including phenoxy) is 2. The Morgan fingerprint density at radius 1 is 1.53 bits per heavy atom. The molecular weight excluding hydrogens is 309 g/mol. The normalized spacial score (nSPS) is 9.82. The van der Waals surface area contributed by atoms with Crippen LogP contribution in [0.2, 0.25) is 0 Å². The average Bonchev–Trinajstić information content (AvgIpc) is 2.31. The Labute approximate surface area is 113 Å². The molecule has 1 aromatic rings. The van der Waals surface area contributed by atoms with Gasteiger partial charge in [0.1, 0.15) is 12.4 Å². The maximum Gasteiger partial charge on any atom is 0.411 e. The molecule has 1 aromatic carbocycles. The molecule has 0 saturated heterocycles. The Bertz CT molecular complexity index is 387. The molecule has 0 aromatic heterocycles. The Kier molecular flexibility index (Phi) is 6.15. The molecule has 0 bridgehead atoms. The fourth-order valence-corrected chi connectivity index (χ4v) is 1.57. The van der Waals surface area contributed by atoms with Crippen LogP contribution in [0.15, 0.2) is 22.7 Å². The summed E-state index contributed by atoms with van der Waals surface area (Å²) >= 11 is 8.76. The van der Waals surface area contributed by atoms with E-state index in [2.05, 4.69) is 21.2 Å². The van der Waals surface area contributed by atoms with Crippen LogP contribution >= 0.6 is 27.5 Å². The topological polar surface area (TPSA) is 47.6 Å². The molecule has 0 saturated carbocycles. The number of hydrogen-bond acceptors (Lipinski definition) is 3. The average molecular weight is 323 g/mol. The maximum absolute atomic E-state index is 11.3. The minimum Gasteiger partial charge on any atom is -0.493 e. The van der Waals surface area contributed by atoms with Gasteiger partial charge < -0.3 is 9.47 Å². The lowest BCUT2D eigenvalue weighted by atomic mass is 10.3. The van der Waals surface area contributed by atoms with Gasteiger partial charge in [-0.05, 0) is 35.0 Å². The third kappa shape index (κ3) is 4.83. The predicted octanol–water partition coefficient (Wildman–Crippen LogP) is 3.64. The first-order valence-electron chi connectivity index (χ1n) is 5.09. The van der Waals surface area contributed by atoms with Crippen LogP contribution in [0, 0.1) is 0 Å². The van der Waals surface area contributed by atoms with Crippen molar-refractivity contribution in [3.8, 4) is 5.75 Å². The molecule has 17 heavy (non-hydrogen) atoms. The number of carbonyl (C=O) groups is 1. The van der Waals surface area contributed by atoms with Crippen LogP contribution in [0.25, 0.3) is 0 Å². The molecule has 6 heteroatoms. The third-order valence-electron chi connectivity index (χ3n) is 1.79. The number of anilines is 1. The molecule has 0 spiro atoms. The summed E-state index contributed by atoms with van der Waals surface area (Å²) in [5.41, 5.74) is 0.608. The van der Waals surface area contributed by atoms with Gasteiger partial charge in [0.15, 0.2) is 0 Å². The number of alkyl halides is 1. The third-order valence-corrected chi connectivity index (χ3v) is 2.60.